The van der Waals surface area contributed by atoms with Gasteiger partial charge in [0.2, 0.25) is 5.91 Å². The van der Waals surface area contributed by atoms with Gasteiger partial charge >= 0.3 is 6.03 Å². The molecule has 7 heteroatoms. The first-order valence-electron chi connectivity index (χ1n) is 9.89. The summed E-state index contributed by atoms with van der Waals surface area (Å²) in [5, 5.41) is 5.81. The van der Waals surface area contributed by atoms with Crippen LogP contribution in [0.5, 0.6) is 0 Å². The van der Waals surface area contributed by atoms with E-state index in [1.165, 1.54) is 17.0 Å². The van der Waals surface area contributed by atoms with Crippen molar-refractivity contribution in [3.8, 4) is 0 Å². The summed E-state index contributed by atoms with van der Waals surface area (Å²) in [4.78, 5) is 27.5. The van der Waals surface area contributed by atoms with Gasteiger partial charge in [0.25, 0.3) is 0 Å². The van der Waals surface area contributed by atoms with Crippen LogP contribution in [-0.4, -0.2) is 50.2 Å². The van der Waals surface area contributed by atoms with Crippen molar-refractivity contribution in [1.29, 1.82) is 0 Å². The molecule has 0 unspecified atom stereocenters. The minimum atomic E-state index is -0.380. The highest BCUT2D eigenvalue weighted by atomic mass is 19.1. The molecule has 3 N–H and O–H groups in total. The summed E-state index contributed by atoms with van der Waals surface area (Å²) in [6, 6.07) is 5.51. The molecule has 1 saturated heterocycles. The molecule has 6 nitrogen and oxygen atoms in total. The highest BCUT2D eigenvalue weighted by Crippen LogP contribution is 2.22. The highest BCUT2D eigenvalue weighted by molar-refractivity contribution is 5.96. The maximum Gasteiger partial charge on any atom is 0.315 e. The van der Waals surface area contributed by atoms with Crippen molar-refractivity contribution in [1.82, 2.24) is 10.6 Å². The Labute approximate surface area is 161 Å². The first-order chi connectivity index (χ1) is 12.9. The van der Waals surface area contributed by atoms with E-state index in [2.05, 4.69) is 24.5 Å². The fourth-order valence-corrected chi connectivity index (χ4v) is 3.48. The second-order valence-electron chi connectivity index (χ2n) is 7.25. The van der Waals surface area contributed by atoms with Crippen LogP contribution < -0.4 is 20.4 Å². The number of hydrogen-bond donors (Lipinski definition) is 3. The third kappa shape index (κ3) is 6.50. The Morgan fingerprint density at radius 2 is 2.11 bits per heavy atom. The predicted molar refractivity (Wildman–Crippen MR) is 104 cm³/mol. The molecule has 1 fully saturated rings. The second kappa shape index (κ2) is 10.3. The molecule has 1 aromatic carbocycles. The number of carbonyl (C=O) groups excluding carboxylic acids is 2. The molecule has 0 radical (unpaired) electrons. The summed E-state index contributed by atoms with van der Waals surface area (Å²) in [5.74, 6) is -0.490. The zero-order valence-electron chi connectivity index (χ0n) is 16.6. The Kier molecular flexibility index (Phi) is 8.03. The summed E-state index contributed by atoms with van der Waals surface area (Å²) in [7, 11) is 0. The van der Waals surface area contributed by atoms with Gasteiger partial charge in [0, 0.05) is 24.7 Å². The van der Waals surface area contributed by atoms with E-state index in [0.29, 0.717) is 12.2 Å². The summed E-state index contributed by atoms with van der Waals surface area (Å²) in [6.45, 7) is 10.1. The molecule has 0 aliphatic carbocycles. The maximum absolute atomic E-state index is 13.4. The van der Waals surface area contributed by atoms with Crippen LogP contribution in [0.1, 0.15) is 40.0 Å². The first-order valence-corrected chi connectivity index (χ1v) is 9.89. The molecule has 1 aromatic rings. The fraction of sp³-hybridized carbons (Fsp3) is 0.600. The minimum Gasteiger partial charge on any atom is -0.336 e. The molecule has 1 aliphatic rings. The maximum atomic E-state index is 13.4. The number of nitrogens with zero attached hydrogens (tertiary/aromatic N) is 1. The predicted octanol–water partition coefficient (Wildman–Crippen LogP) is 1.32. The lowest BCUT2D eigenvalue weighted by Crippen LogP contribution is -3.11. The van der Waals surface area contributed by atoms with Crippen molar-refractivity contribution in [3.05, 3.63) is 30.1 Å². The Morgan fingerprint density at radius 3 is 2.78 bits per heavy atom. The van der Waals surface area contributed by atoms with Gasteiger partial charge in [0.15, 0.2) is 0 Å². The van der Waals surface area contributed by atoms with Crippen LogP contribution in [0, 0.1) is 5.82 Å². The number of benzene rings is 1. The minimum absolute atomic E-state index is 0.0800. The van der Waals surface area contributed by atoms with Crippen LogP contribution in [0.3, 0.4) is 0 Å². The average Bonchev–Trinajstić information content (AvgIpc) is 2.98. The van der Waals surface area contributed by atoms with Gasteiger partial charge in [0.1, 0.15) is 5.82 Å². The topological polar surface area (TPSA) is 65.9 Å². The van der Waals surface area contributed by atoms with Crippen LogP contribution >= 0.6 is 0 Å². The standard InChI is InChI=1S/C20H31FN4O2/c1-4-24(5-2)11-7-8-15(3)22-20(27)23-17-13-19(26)25(14-17)18-10-6-9-16(21)12-18/h6,9-10,12,15,17H,4-5,7-8,11,13-14H2,1-3H3,(H2,22,23,27)/p+1/t15-,17+/m1/s1. The van der Waals surface area contributed by atoms with Crippen LogP contribution in [0.4, 0.5) is 14.9 Å². The lowest BCUT2D eigenvalue weighted by molar-refractivity contribution is -0.896. The average molecular weight is 380 g/mol. The molecule has 2 rings (SSSR count). The number of amides is 3. The third-order valence-corrected chi connectivity index (χ3v) is 5.13. The molecule has 1 aliphatic heterocycles. The van der Waals surface area contributed by atoms with Gasteiger partial charge in [-0.05, 0) is 51.8 Å². The molecular formula is C20H32FN4O2+. The number of carbonyl (C=O) groups is 2. The zero-order valence-corrected chi connectivity index (χ0v) is 16.6. The van der Waals surface area contributed by atoms with E-state index in [-0.39, 0.29) is 36.3 Å². The molecule has 0 aromatic heterocycles. The quantitative estimate of drug-likeness (QED) is 0.606. The Morgan fingerprint density at radius 1 is 1.37 bits per heavy atom. The largest absolute Gasteiger partial charge is 0.336 e. The number of hydrogen-bond acceptors (Lipinski definition) is 2. The lowest BCUT2D eigenvalue weighted by Gasteiger charge is -2.20. The third-order valence-electron chi connectivity index (χ3n) is 5.13. The van der Waals surface area contributed by atoms with E-state index in [4.69, 9.17) is 0 Å². The van der Waals surface area contributed by atoms with Crippen molar-refractivity contribution in [2.45, 2.75) is 52.1 Å². The molecule has 3 amide bonds. The van der Waals surface area contributed by atoms with Gasteiger partial charge in [-0.1, -0.05) is 6.07 Å². The van der Waals surface area contributed by atoms with Gasteiger partial charge in [-0.15, -0.1) is 0 Å². The summed E-state index contributed by atoms with van der Waals surface area (Å²) < 4.78 is 13.4. The van der Waals surface area contributed by atoms with Gasteiger partial charge in [-0.2, -0.15) is 0 Å². The normalized spacial score (nSPS) is 18.0. The highest BCUT2D eigenvalue weighted by Gasteiger charge is 2.31. The van der Waals surface area contributed by atoms with E-state index in [1.54, 1.807) is 17.0 Å². The van der Waals surface area contributed by atoms with Crippen LogP contribution in [0.15, 0.2) is 24.3 Å². The van der Waals surface area contributed by atoms with Crippen molar-refractivity contribution >= 4 is 17.6 Å². The van der Waals surface area contributed by atoms with E-state index in [1.807, 2.05) is 6.92 Å². The summed E-state index contributed by atoms with van der Waals surface area (Å²) in [6.07, 6.45) is 2.22. The van der Waals surface area contributed by atoms with Crippen molar-refractivity contribution in [2.24, 2.45) is 0 Å². The molecular weight excluding hydrogens is 347 g/mol. The number of anilines is 1. The van der Waals surface area contributed by atoms with E-state index in [9.17, 15) is 14.0 Å². The van der Waals surface area contributed by atoms with Gasteiger partial charge < -0.3 is 20.4 Å². The van der Waals surface area contributed by atoms with Crippen LogP contribution in [0.25, 0.3) is 0 Å². The van der Waals surface area contributed by atoms with Crippen molar-refractivity contribution in [2.75, 3.05) is 31.1 Å². The Balaban J connectivity index is 1.75. The van der Waals surface area contributed by atoms with Crippen molar-refractivity contribution in [3.63, 3.8) is 0 Å². The number of quaternary nitrogens is 1. The number of urea groups is 1. The first kappa shape index (κ1) is 21.2. The molecule has 0 spiro atoms. The Bertz CT molecular complexity index is 636. The SMILES string of the molecule is CC[NH+](CC)CCC[C@@H](C)NC(=O)N[C@H]1CC(=O)N(c2cccc(F)c2)C1. The fourth-order valence-electron chi connectivity index (χ4n) is 3.48. The van der Waals surface area contributed by atoms with E-state index in [0.717, 1.165) is 32.5 Å². The summed E-state index contributed by atoms with van der Waals surface area (Å²) in [5.41, 5.74) is 0.525. The summed E-state index contributed by atoms with van der Waals surface area (Å²) >= 11 is 0. The van der Waals surface area contributed by atoms with Crippen LogP contribution in [0.2, 0.25) is 0 Å². The Hall–Kier alpha value is -2.15. The molecule has 0 bridgehead atoms. The number of halogens is 1. The second-order valence-corrected chi connectivity index (χ2v) is 7.25. The molecule has 150 valence electrons. The molecule has 0 saturated carbocycles. The van der Waals surface area contributed by atoms with Crippen molar-refractivity contribution < 1.29 is 18.9 Å². The smallest absolute Gasteiger partial charge is 0.315 e. The zero-order chi connectivity index (χ0) is 19.8. The van der Waals surface area contributed by atoms with E-state index >= 15 is 0 Å². The van der Waals surface area contributed by atoms with E-state index < -0.39 is 0 Å². The monoisotopic (exact) mass is 379 g/mol. The molecule has 2 atom stereocenters. The molecule has 1 heterocycles. The van der Waals surface area contributed by atoms with Gasteiger partial charge in [-0.25, -0.2) is 9.18 Å². The number of nitrogens with one attached hydrogen (secondary N) is 3. The van der Waals surface area contributed by atoms with Gasteiger partial charge in [-0.3, -0.25) is 4.79 Å². The van der Waals surface area contributed by atoms with Crippen LogP contribution in [-0.2, 0) is 4.79 Å². The molecule has 27 heavy (non-hydrogen) atoms. The van der Waals surface area contributed by atoms with Gasteiger partial charge in [0.05, 0.1) is 25.7 Å². The lowest BCUT2D eigenvalue weighted by atomic mass is 10.2. The number of rotatable bonds is 9.